The summed E-state index contributed by atoms with van der Waals surface area (Å²) < 4.78 is 43.8. The van der Waals surface area contributed by atoms with Crippen molar-refractivity contribution in [1.29, 1.82) is 0 Å². The molecule has 0 aliphatic carbocycles. The Morgan fingerprint density at radius 3 is 2.69 bits per heavy atom. The fourth-order valence-corrected chi connectivity index (χ4v) is 3.80. The highest BCUT2D eigenvalue weighted by Gasteiger charge is 2.30. The van der Waals surface area contributed by atoms with Gasteiger partial charge in [0.2, 0.25) is 11.7 Å². The highest BCUT2D eigenvalue weighted by molar-refractivity contribution is 7.98. The predicted molar refractivity (Wildman–Crippen MR) is 102 cm³/mol. The number of nitrogens with zero attached hydrogens (tertiary/aromatic N) is 5. The quantitative estimate of drug-likeness (QED) is 0.432. The van der Waals surface area contributed by atoms with Crippen LogP contribution in [0.2, 0.25) is 0 Å². The highest BCUT2D eigenvalue weighted by atomic mass is 32.2. The fourth-order valence-electron chi connectivity index (χ4n) is 3.11. The molecule has 152 valence electrons. The molecule has 0 radical (unpaired) electrons. The number of aromatic nitrogens is 4. The molecule has 0 spiro atoms. The van der Waals surface area contributed by atoms with E-state index in [1.54, 1.807) is 0 Å². The molecule has 1 aliphatic heterocycles. The summed E-state index contributed by atoms with van der Waals surface area (Å²) in [5.74, 6) is 1.71. The highest BCUT2D eigenvalue weighted by Crippen LogP contribution is 2.32. The Morgan fingerprint density at radius 2 is 1.90 bits per heavy atom. The third-order valence-corrected chi connectivity index (χ3v) is 5.48. The van der Waals surface area contributed by atoms with Crippen molar-refractivity contribution in [2.24, 2.45) is 0 Å². The van der Waals surface area contributed by atoms with Crippen molar-refractivity contribution in [3.05, 3.63) is 48.1 Å². The number of alkyl halides is 3. The van der Waals surface area contributed by atoms with Crippen LogP contribution in [-0.2, 0) is 11.9 Å². The number of anilines is 1. The van der Waals surface area contributed by atoms with Gasteiger partial charge in [0.15, 0.2) is 0 Å². The Balaban J connectivity index is 1.43. The Kier molecular flexibility index (Phi) is 5.70. The van der Waals surface area contributed by atoms with Crippen molar-refractivity contribution in [2.75, 3.05) is 18.0 Å². The average Bonchev–Trinajstić information content (AvgIpc) is 3.22. The fraction of sp³-hybridized carbons (Fsp3) is 0.368. The molecule has 0 unspecified atom stereocenters. The number of thioether (sulfide) groups is 1. The monoisotopic (exact) mass is 421 g/mol. The Labute approximate surface area is 169 Å². The smallest absolute Gasteiger partial charge is 0.356 e. The molecule has 1 saturated heterocycles. The van der Waals surface area contributed by atoms with E-state index in [9.17, 15) is 13.2 Å². The molecule has 0 atom stereocenters. The average molecular weight is 421 g/mol. The van der Waals surface area contributed by atoms with Gasteiger partial charge in [-0.15, -0.1) is 0 Å². The number of rotatable bonds is 5. The molecule has 3 aromatic rings. The van der Waals surface area contributed by atoms with Gasteiger partial charge in [-0.3, -0.25) is 0 Å². The van der Waals surface area contributed by atoms with E-state index in [4.69, 9.17) is 4.52 Å². The lowest BCUT2D eigenvalue weighted by Crippen LogP contribution is -2.30. The molecular formula is C19H18F3N5OS. The maximum Gasteiger partial charge on any atom is 0.416 e. The number of benzene rings is 1. The van der Waals surface area contributed by atoms with E-state index in [0.29, 0.717) is 11.6 Å². The van der Waals surface area contributed by atoms with E-state index in [1.165, 1.54) is 36.6 Å². The lowest BCUT2D eigenvalue weighted by Gasteiger charge is -2.27. The van der Waals surface area contributed by atoms with Crippen LogP contribution in [0.3, 0.4) is 0 Å². The maximum atomic E-state index is 12.9. The summed E-state index contributed by atoms with van der Waals surface area (Å²) in [7, 11) is 0. The molecule has 1 aromatic carbocycles. The van der Waals surface area contributed by atoms with E-state index in [2.05, 4.69) is 25.0 Å². The molecular weight excluding hydrogens is 403 g/mol. The maximum absolute atomic E-state index is 12.9. The van der Waals surface area contributed by atoms with E-state index in [1.807, 2.05) is 6.07 Å². The lowest BCUT2D eigenvalue weighted by molar-refractivity contribution is -0.137. The van der Waals surface area contributed by atoms with Gasteiger partial charge in [-0.1, -0.05) is 29.1 Å². The molecule has 29 heavy (non-hydrogen) atoms. The van der Waals surface area contributed by atoms with Crippen LogP contribution < -0.4 is 4.90 Å². The largest absolute Gasteiger partial charge is 0.416 e. The molecule has 4 rings (SSSR count). The molecule has 6 nitrogen and oxygen atoms in total. The first-order valence-electron chi connectivity index (χ1n) is 9.19. The molecule has 0 N–H and O–H groups in total. The van der Waals surface area contributed by atoms with Crippen LogP contribution in [0, 0.1) is 0 Å². The molecule has 0 amide bonds. The van der Waals surface area contributed by atoms with E-state index in [-0.39, 0.29) is 11.4 Å². The van der Waals surface area contributed by atoms with Gasteiger partial charge in [0.05, 0.1) is 11.3 Å². The van der Waals surface area contributed by atoms with Crippen molar-refractivity contribution >= 4 is 17.6 Å². The number of piperidine rings is 1. The summed E-state index contributed by atoms with van der Waals surface area (Å²) in [5.41, 5.74) is -0.490. The zero-order valence-corrected chi connectivity index (χ0v) is 16.2. The second-order valence-electron chi connectivity index (χ2n) is 6.64. The zero-order chi connectivity index (χ0) is 20.3. The topological polar surface area (TPSA) is 67.9 Å². The van der Waals surface area contributed by atoms with Gasteiger partial charge in [0, 0.05) is 24.7 Å². The van der Waals surface area contributed by atoms with Crippen molar-refractivity contribution in [3.63, 3.8) is 0 Å². The van der Waals surface area contributed by atoms with Crippen LogP contribution in [0.25, 0.3) is 11.4 Å². The first kappa shape index (κ1) is 19.7. The van der Waals surface area contributed by atoms with Crippen LogP contribution in [-0.4, -0.2) is 33.2 Å². The lowest BCUT2D eigenvalue weighted by atomic mass is 10.1. The Morgan fingerprint density at radius 1 is 1.07 bits per heavy atom. The minimum Gasteiger partial charge on any atom is -0.356 e. The molecule has 10 heteroatoms. The van der Waals surface area contributed by atoms with Gasteiger partial charge >= 0.3 is 6.18 Å². The second-order valence-corrected chi connectivity index (χ2v) is 7.64. The standard InChI is InChI=1S/C19H18F3N5OS/c20-19(21,22)14-6-4-5-13(9-14)18-25-16(28-26-18)11-29-17-10-15(23-12-24-17)27-7-2-1-3-8-27/h4-6,9-10,12H,1-3,7-8,11H2. The summed E-state index contributed by atoms with van der Waals surface area (Å²) in [6.45, 7) is 1.98. The first-order chi connectivity index (χ1) is 14.0. The normalized spacial score (nSPS) is 14.9. The Hall–Kier alpha value is -2.62. The minimum atomic E-state index is -4.42. The third-order valence-electron chi connectivity index (χ3n) is 4.57. The van der Waals surface area contributed by atoms with Crippen LogP contribution in [0.1, 0.15) is 30.7 Å². The SMILES string of the molecule is FC(F)(F)c1cccc(-c2noc(CSc3cc(N4CCCCC4)ncn3)n2)c1. The number of halogens is 3. The number of hydrogen-bond donors (Lipinski definition) is 0. The molecule has 3 heterocycles. The zero-order valence-electron chi connectivity index (χ0n) is 15.4. The molecule has 1 fully saturated rings. The van der Waals surface area contributed by atoms with E-state index in [0.717, 1.165) is 48.9 Å². The number of hydrogen-bond acceptors (Lipinski definition) is 7. The van der Waals surface area contributed by atoms with Gasteiger partial charge in [-0.05, 0) is 31.4 Å². The van der Waals surface area contributed by atoms with Crippen molar-refractivity contribution in [3.8, 4) is 11.4 Å². The van der Waals surface area contributed by atoms with Crippen molar-refractivity contribution in [2.45, 2.75) is 36.2 Å². The summed E-state index contributed by atoms with van der Waals surface area (Å²) in [6, 6.07) is 6.80. The predicted octanol–water partition coefficient (Wildman–Crippen LogP) is 4.83. The van der Waals surface area contributed by atoms with E-state index < -0.39 is 11.7 Å². The van der Waals surface area contributed by atoms with Crippen LogP contribution in [0.5, 0.6) is 0 Å². The van der Waals surface area contributed by atoms with Crippen LogP contribution >= 0.6 is 11.8 Å². The summed E-state index contributed by atoms with van der Waals surface area (Å²) in [6.07, 6.45) is 0.680. The first-order valence-corrected chi connectivity index (χ1v) is 10.2. The second kappa shape index (κ2) is 8.40. The molecule has 0 saturated carbocycles. The van der Waals surface area contributed by atoms with Gasteiger partial charge in [-0.25, -0.2) is 9.97 Å². The van der Waals surface area contributed by atoms with Crippen molar-refractivity contribution in [1.82, 2.24) is 20.1 Å². The van der Waals surface area contributed by atoms with E-state index >= 15 is 0 Å². The Bertz CT molecular complexity index is 972. The van der Waals surface area contributed by atoms with Crippen molar-refractivity contribution < 1.29 is 17.7 Å². The summed E-state index contributed by atoms with van der Waals surface area (Å²) in [5, 5.41) is 4.58. The minimum absolute atomic E-state index is 0.128. The third kappa shape index (κ3) is 4.87. The molecule has 1 aliphatic rings. The summed E-state index contributed by atoms with van der Waals surface area (Å²) in [4.78, 5) is 15.1. The molecule has 2 aromatic heterocycles. The van der Waals surface area contributed by atoms with Crippen LogP contribution in [0.4, 0.5) is 19.0 Å². The van der Waals surface area contributed by atoms with Gasteiger partial charge in [-0.2, -0.15) is 18.2 Å². The van der Waals surface area contributed by atoms with Gasteiger partial charge in [0.25, 0.3) is 0 Å². The van der Waals surface area contributed by atoms with Gasteiger partial charge < -0.3 is 9.42 Å². The summed E-state index contributed by atoms with van der Waals surface area (Å²) >= 11 is 1.41. The molecule has 0 bridgehead atoms. The van der Waals surface area contributed by atoms with Crippen LogP contribution in [0.15, 0.2) is 46.2 Å². The van der Waals surface area contributed by atoms with Gasteiger partial charge in [0.1, 0.15) is 17.2 Å².